The van der Waals surface area contributed by atoms with Crippen molar-refractivity contribution < 1.29 is 23.8 Å². The lowest BCUT2D eigenvalue weighted by atomic mass is 10.2. The average molecular weight is 352 g/mol. The minimum atomic E-state index is -0.416. The highest BCUT2D eigenvalue weighted by Crippen LogP contribution is 2.31. The second kappa shape index (κ2) is 10.6. The second-order valence-electron chi connectivity index (χ2n) is 5.33. The van der Waals surface area contributed by atoms with Crippen molar-refractivity contribution in [3.8, 4) is 11.5 Å². The van der Waals surface area contributed by atoms with Crippen molar-refractivity contribution in [2.75, 3.05) is 27.0 Å². The van der Waals surface area contributed by atoms with E-state index in [4.69, 9.17) is 15.2 Å². The van der Waals surface area contributed by atoms with Crippen LogP contribution in [0.25, 0.3) is 0 Å². The molecule has 2 N–H and O–H groups in total. The lowest BCUT2D eigenvalue weighted by Crippen LogP contribution is -2.43. The molecule has 2 aliphatic rings. The maximum absolute atomic E-state index is 11.2. The van der Waals surface area contributed by atoms with Gasteiger partial charge in [-0.3, -0.25) is 4.79 Å². The minimum Gasteiger partial charge on any atom is -0.467 e. The van der Waals surface area contributed by atoms with Gasteiger partial charge in [-0.25, -0.2) is 4.79 Å². The molecule has 1 unspecified atom stereocenters. The van der Waals surface area contributed by atoms with Crippen LogP contribution in [0.3, 0.4) is 0 Å². The Kier molecular flexibility index (Phi) is 8.77. The van der Waals surface area contributed by atoms with Gasteiger partial charge in [0.05, 0.1) is 13.7 Å². The number of carbonyl (C=O) groups is 2. The largest absolute Gasteiger partial charge is 0.467 e. The summed E-state index contributed by atoms with van der Waals surface area (Å²) in [7, 11) is 1.33. The number of hydrogen-bond acceptors (Lipinski definition) is 6. The van der Waals surface area contributed by atoms with E-state index in [1.54, 1.807) is 0 Å². The van der Waals surface area contributed by atoms with Crippen molar-refractivity contribution in [1.29, 1.82) is 0 Å². The standard InChI is InChI=1S/C8H14N2O3.C8H8O2.C2H6/c1-13-8(12)6-3-2-4-10(6)7(11)5-9;1-6-2-3-7-8(4-6)10-5-9-7;1-2/h6H,2-5,9H2,1H3;2-4H,5H2,1H3;1-2H3. The van der Waals surface area contributed by atoms with Crippen molar-refractivity contribution in [2.45, 2.75) is 39.7 Å². The number of benzene rings is 1. The summed E-state index contributed by atoms with van der Waals surface area (Å²) in [4.78, 5) is 23.9. The van der Waals surface area contributed by atoms with Gasteiger partial charge in [-0.05, 0) is 37.5 Å². The van der Waals surface area contributed by atoms with Crippen LogP contribution in [0.15, 0.2) is 18.2 Å². The van der Waals surface area contributed by atoms with Crippen molar-refractivity contribution in [3.63, 3.8) is 0 Å². The van der Waals surface area contributed by atoms with Gasteiger partial charge in [-0.1, -0.05) is 19.9 Å². The quantitative estimate of drug-likeness (QED) is 0.817. The SMILES string of the molecule is CC.COC(=O)C1CCCN1C(=O)CN.Cc1ccc2c(c1)OCO2. The predicted octanol–water partition coefficient (Wildman–Crippen LogP) is 1.86. The van der Waals surface area contributed by atoms with Gasteiger partial charge in [-0.15, -0.1) is 0 Å². The molecule has 7 heteroatoms. The zero-order valence-electron chi connectivity index (χ0n) is 15.4. The summed E-state index contributed by atoms with van der Waals surface area (Å²) >= 11 is 0. The zero-order chi connectivity index (χ0) is 18.8. The monoisotopic (exact) mass is 352 g/mol. The molecule has 1 fully saturated rings. The zero-order valence-corrected chi connectivity index (χ0v) is 15.4. The molecule has 25 heavy (non-hydrogen) atoms. The van der Waals surface area contributed by atoms with Gasteiger partial charge in [0.2, 0.25) is 12.7 Å². The fraction of sp³-hybridized carbons (Fsp3) is 0.556. The molecule has 0 spiro atoms. The number of fused-ring (bicyclic) bond motifs is 1. The molecule has 0 saturated carbocycles. The van der Waals surface area contributed by atoms with E-state index < -0.39 is 6.04 Å². The summed E-state index contributed by atoms with van der Waals surface area (Å²) in [5.41, 5.74) is 6.41. The normalized spacial score (nSPS) is 17.0. The topological polar surface area (TPSA) is 91.1 Å². The molecule has 1 amide bonds. The third-order valence-electron chi connectivity index (χ3n) is 3.75. The highest BCUT2D eigenvalue weighted by molar-refractivity contribution is 5.86. The Morgan fingerprint density at radius 2 is 1.96 bits per heavy atom. The summed E-state index contributed by atoms with van der Waals surface area (Å²) < 4.78 is 14.9. The number of ether oxygens (including phenoxy) is 3. The van der Waals surface area contributed by atoms with Gasteiger partial charge in [-0.2, -0.15) is 0 Å². The molecule has 1 atom stereocenters. The van der Waals surface area contributed by atoms with Crippen LogP contribution in [0.1, 0.15) is 32.3 Å². The molecule has 1 aromatic rings. The second-order valence-corrected chi connectivity index (χ2v) is 5.33. The maximum atomic E-state index is 11.2. The van der Waals surface area contributed by atoms with E-state index in [2.05, 4.69) is 4.74 Å². The Hall–Kier alpha value is -2.28. The highest BCUT2D eigenvalue weighted by atomic mass is 16.7. The molecule has 3 rings (SSSR count). The number of methoxy groups -OCH3 is 1. The lowest BCUT2D eigenvalue weighted by molar-refractivity contribution is -0.150. The van der Waals surface area contributed by atoms with E-state index in [-0.39, 0.29) is 18.4 Å². The van der Waals surface area contributed by atoms with Crippen LogP contribution >= 0.6 is 0 Å². The highest BCUT2D eigenvalue weighted by Gasteiger charge is 2.33. The number of rotatable bonds is 2. The molecule has 0 aliphatic carbocycles. The molecule has 0 radical (unpaired) electrons. The third kappa shape index (κ3) is 5.63. The number of likely N-dealkylation sites (tertiary alicyclic amines) is 1. The van der Waals surface area contributed by atoms with Crippen molar-refractivity contribution >= 4 is 11.9 Å². The van der Waals surface area contributed by atoms with Gasteiger partial charge in [0.25, 0.3) is 0 Å². The molecular weight excluding hydrogens is 324 g/mol. The number of amides is 1. The van der Waals surface area contributed by atoms with Crippen LogP contribution < -0.4 is 15.2 Å². The Bertz CT molecular complexity index is 555. The van der Waals surface area contributed by atoms with Crippen molar-refractivity contribution in [2.24, 2.45) is 5.73 Å². The van der Waals surface area contributed by atoms with E-state index in [1.807, 2.05) is 39.0 Å². The lowest BCUT2D eigenvalue weighted by Gasteiger charge is -2.21. The van der Waals surface area contributed by atoms with Gasteiger partial charge in [0.15, 0.2) is 11.5 Å². The van der Waals surface area contributed by atoms with Crippen LogP contribution in [-0.2, 0) is 14.3 Å². The summed E-state index contributed by atoms with van der Waals surface area (Å²) in [5.74, 6) is 1.18. The predicted molar refractivity (Wildman–Crippen MR) is 94.5 cm³/mol. The van der Waals surface area contributed by atoms with Crippen LogP contribution in [-0.4, -0.2) is 49.8 Å². The summed E-state index contributed by atoms with van der Waals surface area (Å²) in [6, 6.07) is 5.49. The first-order chi connectivity index (χ1) is 12.1. The minimum absolute atomic E-state index is 0.0481. The smallest absolute Gasteiger partial charge is 0.328 e. The van der Waals surface area contributed by atoms with Crippen molar-refractivity contribution in [1.82, 2.24) is 4.90 Å². The van der Waals surface area contributed by atoms with Gasteiger partial charge in [0.1, 0.15) is 6.04 Å². The Balaban J connectivity index is 0.000000233. The molecule has 2 heterocycles. The van der Waals surface area contributed by atoms with E-state index >= 15 is 0 Å². The first kappa shape index (κ1) is 20.8. The molecule has 7 nitrogen and oxygen atoms in total. The molecule has 1 aromatic carbocycles. The van der Waals surface area contributed by atoms with Gasteiger partial charge < -0.3 is 24.8 Å². The fourth-order valence-corrected chi connectivity index (χ4v) is 2.57. The first-order valence-electron chi connectivity index (χ1n) is 8.50. The molecule has 0 aromatic heterocycles. The molecule has 1 saturated heterocycles. The van der Waals surface area contributed by atoms with Crippen LogP contribution in [0.4, 0.5) is 0 Å². The van der Waals surface area contributed by atoms with Crippen LogP contribution in [0.5, 0.6) is 11.5 Å². The number of esters is 1. The van der Waals surface area contributed by atoms with Gasteiger partial charge >= 0.3 is 5.97 Å². The Morgan fingerprint density at radius 3 is 2.60 bits per heavy atom. The van der Waals surface area contributed by atoms with Gasteiger partial charge in [0, 0.05) is 6.54 Å². The summed E-state index contributed by atoms with van der Waals surface area (Å²) in [6.45, 7) is 6.95. The molecule has 0 bridgehead atoms. The van der Waals surface area contributed by atoms with E-state index in [9.17, 15) is 9.59 Å². The van der Waals surface area contributed by atoms with E-state index in [1.165, 1.54) is 17.6 Å². The number of hydrogen-bond donors (Lipinski definition) is 1. The molecular formula is C18H28N2O5. The number of nitrogens with zero attached hydrogens (tertiary/aromatic N) is 1. The van der Waals surface area contributed by atoms with Crippen LogP contribution in [0, 0.1) is 6.92 Å². The summed E-state index contributed by atoms with van der Waals surface area (Å²) in [6.07, 6.45) is 1.52. The maximum Gasteiger partial charge on any atom is 0.328 e. The van der Waals surface area contributed by atoms with Crippen molar-refractivity contribution in [3.05, 3.63) is 23.8 Å². The average Bonchev–Trinajstić information content (AvgIpc) is 3.31. The Morgan fingerprint density at radius 1 is 1.28 bits per heavy atom. The number of aryl methyl sites for hydroxylation is 1. The fourth-order valence-electron chi connectivity index (χ4n) is 2.57. The third-order valence-corrected chi connectivity index (χ3v) is 3.75. The number of carbonyl (C=O) groups excluding carboxylic acids is 2. The number of nitrogens with two attached hydrogens (primary N) is 1. The van der Waals surface area contributed by atoms with Crippen LogP contribution in [0.2, 0.25) is 0 Å². The molecule has 2 aliphatic heterocycles. The first-order valence-corrected chi connectivity index (χ1v) is 8.50. The Labute approximate surface area is 149 Å². The van der Waals surface area contributed by atoms with E-state index in [0.29, 0.717) is 19.8 Å². The van der Waals surface area contributed by atoms with E-state index in [0.717, 1.165) is 17.9 Å². The molecule has 140 valence electrons. The summed E-state index contributed by atoms with van der Waals surface area (Å²) in [5, 5.41) is 0.